The number of ether oxygens (including phenoxy) is 2. The number of rotatable bonds is 6. The van der Waals surface area contributed by atoms with Gasteiger partial charge in [-0.05, 0) is 32.1 Å². The summed E-state index contributed by atoms with van der Waals surface area (Å²) in [4.78, 5) is 0. The third-order valence-electron chi connectivity index (χ3n) is 2.58. The van der Waals surface area contributed by atoms with Crippen molar-refractivity contribution in [2.75, 3.05) is 20.3 Å². The summed E-state index contributed by atoms with van der Waals surface area (Å²) in [5.41, 5.74) is 5.90. The van der Waals surface area contributed by atoms with Crippen LogP contribution in [-0.4, -0.2) is 32.5 Å². The van der Waals surface area contributed by atoms with Gasteiger partial charge in [0.1, 0.15) is 0 Å². The molecule has 0 saturated carbocycles. The van der Waals surface area contributed by atoms with E-state index in [1.165, 1.54) is 12.8 Å². The first-order chi connectivity index (χ1) is 6.33. The molecule has 0 amide bonds. The first kappa shape index (κ1) is 11.0. The van der Waals surface area contributed by atoms with Crippen LogP contribution in [0.25, 0.3) is 0 Å². The van der Waals surface area contributed by atoms with Crippen LogP contribution in [0.5, 0.6) is 0 Å². The number of methoxy groups -OCH3 is 1. The van der Waals surface area contributed by atoms with E-state index in [1.807, 2.05) is 0 Å². The molecule has 78 valence electrons. The fourth-order valence-corrected chi connectivity index (χ4v) is 1.69. The monoisotopic (exact) mass is 187 g/mol. The van der Waals surface area contributed by atoms with Crippen LogP contribution in [0.2, 0.25) is 0 Å². The minimum atomic E-state index is 0.282. The Morgan fingerprint density at radius 2 is 2.38 bits per heavy atom. The minimum absolute atomic E-state index is 0.282. The largest absolute Gasteiger partial charge is 0.385 e. The van der Waals surface area contributed by atoms with Gasteiger partial charge in [0.25, 0.3) is 0 Å². The summed E-state index contributed by atoms with van der Waals surface area (Å²) in [6, 6.07) is 0.282. The van der Waals surface area contributed by atoms with E-state index < -0.39 is 0 Å². The molecule has 0 radical (unpaired) electrons. The second-order valence-corrected chi connectivity index (χ2v) is 3.75. The molecule has 1 fully saturated rings. The molecule has 3 nitrogen and oxygen atoms in total. The third kappa shape index (κ3) is 4.60. The molecule has 0 aromatic rings. The average Bonchev–Trinajstić information content (AvgIpc) is 2.64. The van der Waals surface area contributed by atoms with Gasteiger partial charge in [0.15, 0.2) is 0 Å². The van der Waals surface area contributed by atoms with Crippen LogP contribution in [0.1, 0.15) is 32.1 Å². The smallest absolute Gasteiger partial charge is 0.0576 e. The van der Waals surface area contributed by atoms with Crippen molar-refractivity contribution in [3.05, 3.63) is 0 Å². The van der Waals surface area contributed by atoms with Gasteiger partial charge < -0.3 is 15.2 Å². The topological polar surface area (TPSA) is 44.5 Å². The molecule has 1 heterocycles. The highest BCUT2D eigenvalue weighted by Crippen LogP contribution is 2.17. The summed E-state index contributed by atoms with van der Waals surface area (Å²) in [6.07, 6.45) is 6.06. The van der Waals surface area contributed by atoms with Crippen LogP contribution in [0, 0.1) is 0 Å². The fraction of sp³-hybridized carbons (Fsp3) is 1.00. The van der Waals surface area contributed by atoms with E-state index in [2.05, 4.69) is 0 Å². The van der Waals surface area contributed by atoms with Crippen LogP contribution in [0.3, 0.4) is 0 Å². The normalized spacial score (nSPS) is 24.9. The van der Waals surface area contributed by atoms with E-state index in [1.54, 1.807) is 7.11 Å². The van der Waals surface area contributed by atoms with E-state index in [4.69, 9.17) is 15.2 Å². The van der Waals surface area contributed by atoms with Gasteiger partial charge in [-0.25, -0.2) is 0 Å². The van der Waals surface area contributed by atoms with Gasteiger partial charge in [0.2, 0.25) is 0 Å². The molecule has 2 N–H and O–H groups in total. The zero-order valence-corrected chi connectivity index (χ0v) is 8.50. The molecule has 0 bridgehead atoms. The molecule has 1 aliphatic rings. The van der Waals surface area contributed by atoms with Crippen LogP contribution in [0.4, 0.5) is 0 Å². The molecular weight excluding hydrogens is 166 g/mol. The molecule has 3 heteroatoms. The summed E-state index contributed by atoms with van der Waals surface area (Å²) >= 11 is 0. The average molecular weight is 187 g/mol. The number of hydrogen-bond acceptors (Lipinski definition) is 3. The molecule has 2 atom stereocenters. The zero-order valence-electron chi connectivity index (χ0n) is 8.50. The Morgan fingerprint density at radius 3 is 3.00 bits per heavy atom. The Balaban J connectivity index is 1.97. The molecule has 1 saturated heterocycles. The first-order valence-electron chi connectivity index (χ1n) is 5.19. The van der Waals surface area contributed by atoms with E-state index >= 15 is 0 Å². The van der Waals surface area contributed by atoms with Crippen molar-refractivity contribution in [2.24, 2.45) is 5.73 Å². The number of nitrogens with two attached hydrogens (primary N) is 1. The van der Waals surface area contributed by atoms with Crippen molar-refractivity contribution in [1.82, 2.24) is 0 Å². The summed E-state index contributed by atoms with van der Waals surface area (Å²) < 4.78 is 10.5. The highest BCUT2D eigenvalue weighted by atomic mass is 16.5. The lowest BCUT2D eigenvalue weighted by Crippen LogP contribution is -2.23. The van der Waals surface area contributed by atoms with Crippen LogP contribution in [0.15, 0.2) is 0 Å². The van der Waals surface area contributed by atoms with Gasteiger partial charge >= 0.3 is 0 Å². The Morgan fingerprint density at radius 1 is 1.54 bits per heavy atom. The van der Waals surface area contributed by atoms with Crippen molar-refractivity contribution < 1.29 is 9.47 Å². The lowest BCUT2D eigenvalue weighted by molar-refractivity contribution is 0.0990. The highest BCUT2D eigenvalue weighted by molar-refractivity contribution is 4.69. The van der Waals surface area contributed by atoms with E-state index in [0.29, 0.717) is 6.10 Å². The number of hydrogen-bond donors (Lipinski definition) is 1. The summed E-state index contributed by atoms with van der Waals surface area (Å²) in [5, 5.41) is 0. The van der Waals surface area contributed by atoms with Crippen molar-refractivity contribution in [3.63, 3.8) is 0 Å². The quantitative estimate of drug-likeness (QED) is 0.682. The molecule has 0 spiro atoms. The lowest BCUT2D eigenvalue weighted by Gasteiger charge is -2.13. The van der Waals surface area contributed by atoms with Gasteiger partial charge in [-0.15, -0.1) is 0 Å². The molecule has 1 aliphatic heterocycles. The lowest BCUT2D eigenvalue weighted by atomic mass is 10.0. The van der Waals surface area contributed by atoms with Gasteiger partial charge in [-0.3, -0.25) is 0 Å². The SMILES string of the molecule is COCCC(N)CCC1CCCO1. The van der Waals surface area contributed by atoms with E-state index in [9.17, 15) is 0 Å². The van der Waals surface area contributed by atoms with E-state index in [-0.39, 0.29) is 6.04 Å². The molecule has 2 unspecified atom stereocenters. The van der Waals surface area contributed by atoms with Gasteiger partial charge in [0, 0.05) is 26.4 Å². The molecule has 0 aliphatic carbocycles. The predicted molar refractivity (Wildman–Crippen MR) is 52.7 cm³/mol. The standard InChI is InChI=1S/C10H21NO2/c1-12-8-6-9(11)4-5-10-3-2-7-13-10/h9-10H,2-8,11H2,1H3. The Bertz CT molecular complexity index is 124. The van der Waals surface area contributed by atoms with Crippen molar-refractivity contribution in [3.8, 4) is 0 Å². The molecule has 13 heavy (non-hydrogen) atoms. The second-order valence-electron chi connectivity index (χ2n) is 3.75. The van der Waals surface area contributed by atoms with Gasteiger partial charge in [0.05, 0.1) is 6.10 Å². The van der Waals surface area contributed by atoms with Crippen molar-refractivity contribution >= 4 is 0 Å². The summed E-state index contributed by atoms with van der Waals surface area (Å²) in [5.74, 6) is 0. The van der Waals surface area contributed by atoms with Crippen molar-refractivity contribution in [1.29, 1.82) is 0 Å². The Labute approximate surface area is 80.6 Å². The molecular formula is C10H21NO2. The fourth-order valence-electron chi connectivity index (χ4n) is 1.69. The third-order valence-corrected chi connectivity index (χ3v) is 2.58. The van der Waals surface area contributed by atoms with Crippen molar-refractivity contribution in [2.45, 2.75) is 44.2 Å². The highest BCUT2D eigenvalue weighted by Gasteiger charge is 2.16. The minimum Gasteiger partial charge on any atom is -0.385 e. The maximum Gasteiger partial charge on any atom is 0.0576 e. The molecule has 0 aromatic heterocycles. The Kier molecular flexibility index (Phi) is 5.35. The molecule has 0 aromatic carbocycles. The van der Waals surface area contributed by atoms with Gasteiger partial charge in [-0.1, -0.05) is 0 Å². The Hall–Kier alpha value is -0.120. The van der Waals surface area contributed by atoms with Gasteiger partial charge in [-0.2, -0.15) is 0 Å². The molecule has 1 rings (SSSR count). The maximum absolute atomic E-state index is 5.90. The van der Waals surface area contributed by atoms with E-state index in [0.717, 1.165) is 32.5 Å². The van der Waals surface area contributed by atoms with Crippen LogP contribution in [-0.2, 0) is 9.47 Å². The van der Waals surface area contributed by atoms with Crippen LogP contribution < -0.4 is 5.73 Å². The predicted octanol–water partition coefficient (Wildman–Crippen LogP) is 1.31. The summed E-state index contributed by atoms with van der Waals surface area (Å²) in [6.45, 7) is 1.71. The maximum atomic E-state index is 5.90. The zero-order chi connectivity index (χ0) is 9.52. The first-order valence-corrected chi connectivity index (χ1v) is 5.19. The second kappa shape index (κ2) is 6.35. The van der Waals surface area contributed by atoms with Crippen LogP contribution >= 0.6 is 0 Å². The summed E-state index contributed by atoms with van der Waals surface area (Å²) in [7, 11) is 1.72.